The molecule has 2 rings (SSSR count). The highest BCUT2D eigenvalue weighted by atomic mass is 19.1. The van der Waals surface area contributed by atoms with Gasteiger partial charge in [-0.1, -0.05) is 6.07 Å². The molecule has 82 valence electrons. The summed E-state index contributed by atoms with van der Waals surface area (Å²) in [6.07, 6.45) is 3.03. The van der Waals surface area contributed by atoms with Gasteiger partial charge in [-0.3, -0.25) is 4.98 Å². The minimum absolute atomic E-state index is 0.0331. The van der Waals surface area contributed by atoms with Gasteiger partial charge in [0.2, 0.25) is 0 Å². The predicted octanol–water partition coefficient (Wildman–Crippen LogP) is 3.07. The normalized spacial score (nSPS) is 10.2. The number of anilines is 1. The Morgan fingerprint density at radius 2 is 1.81 bits per heavy atom. The Labute approximate surface area is 92.0 Å². The second kappa shape index (κ2) is 4.26. The van der Waals surface area contributed by atoms with Crippen molar-refractivity contribution in [1.29, 1.82) is 0 Å². The molecule has 0 amide bonds. The predicted molar refractivity (Wildman–Crippen MR) is 59.1 cm³/mol. The standard InChI is InChI=1S/C12H10F2N2/c1-15-11-7-16-6-5-8(11)12-9(13)3-2-4-10(12)14/h2-7,15H,1H3. The number of halogens is 2. The molecule has 2 aromatic rings. The second-order valence-corrected chi connectivity index (χ2v) is 3.27. The van der Waals surface area contributed by atoms with Gasteiger partial charge < -0.3 is 5.32 Å². The van der Waals surface area contributed by atoms with Crippen LogP contribution in [-0.4, -0.2) is 12.0 Å². The summed E-state index contributed by atoms with van der Waals surface area (Å²) in [4.78, 5) is 3.89. The highest BCUT2D eigenvalue weighted by molar-refractivity contribution is 5.77. The van der Waals surface area contributed by atoms with E-state index in [1.54, 1.807) is 13.1 Å². The molecule has 16 heavy (non-hydrogen) atoms. The van der Waals surface area contributed by atoms with Crippen LogP contribution >= 0.6 is 0 Å². The molecule has 1 aromatic heterocycles. The van der Waals surface area contributed by atoms with Gasteiger partial charge in [0.15, 0.2) is 0 Å². The van der Waals surface area contributed by atoms with Crippen LogP contribution in [0, 0.1) is 11.6 Å². The third-order valence-electron chi connectivity index (χ3n) is 2.32. The maximum atomic E-state index is 13.6. The minimum Gasteiger partial charge on any atom is -0.386 e. The number of nitrogens with zero attached hydrogens (tertiary/aromatic N) is 1. The van der Waals surface area contributed by atoms with E-state index in [1.165, 1.54) is 30.6 Å². The Bertz CT molecular complexity index is 492. The van der Waals surface area contributed by atoms with Crippen LogP contribution in [0.25, 0.3) is 11.1 Å². The molecule has 0 aliphatic heterocycles. The first-order valence-electron chi connectivity index (χ1n) is 4.80. The van der Waals surface area contributed by atoms with Crippen LogP contribution in [0.2, 0.25) is 0 Å². The van der Waals surface area contributed by atoms with Crippen LogP contribution in [0.3, 0.4) is 0 Å². The lowest BCUT2D eigenvalue weighted by Gasteiger charge is -2.09. The van der Waals surface area contributed by atoms with Gasteiger partial charge in [-0.15, -0.1) is 0 Å². The summed E-state index contributed by atoms with van der Waals surface area (Å²) in [7, 11) is 1.68. The zero-order valence-corrected chi connectivity index (χ0v) is 8.67. The van der Waals surface area contributed by atoms with Crippen molar-refractivity contribution in [3.05, 3.63) is 48.3 Å². The first-order chi connectivity index (χ1) is 7.74. The van der Waals surface area contributed by atoms with Crippen LogP contribution in [0.5, 0.6) is 0 Å². The van der Waals surface area contributed by atoms with Gasteiger partial charge in [0.05, 0.1) is 17.4 Å². The monoisotopic (exact) mass is 220 g/mol. The number of pyridine rings is 1. The Balaban J connectivity index is 2.67. The van der Waals surface area contributed by atoms with Gasteiger partial charge in [-0.05, 0) is 18.2 Å². The summed E-state index contributed by atoms with van der Waals surface area (Å²) < 4.78 is 27.1. The van der Waals surface area contributed by atoms with Crippen molar-refractivity contribution >= 4 is 5.69 Å². The molecule has 1 aromatic carbocycles. The van der Waals surface area contributed by atoms with Gasteiger partial charge in [0.25, 0.3) is 0 Å². The fraction of sp³-hybridized carbons (Fsp3) is 0.0833. The van der Waals surface area contributed by atoms with Crippen molar-refractivity contribution in [3.8, 4) is 11.1 Å². The van der Waals surface area contributed by atoms with Crippen molar-refractivity contribution < 1.29 is 8.78 Å². The molecule has 2 nitrogen and oxygen atoms in total. The van der Waals surface area contributed by atoms with Gasteiger partial charge in [0, 0.05) is 18.8 Å². The number of rotatable bonds is 2. The largest absolute Gasteiger partial charge is 0.386 e. The van der Waals surface area contributed by atoms with E-state index in [2.05, 4.69) is 10.3 Å². The van der Waals surface area contributed by atoms with E-state index in [1.807, 2.05) is 0 Å². The average Bonchev–Trinajstić information content (AvgIpc) is 2.29. The van der Waals surface area contributed by atoms with E-state index in [9.17, 15) is 8.78 Å². The summed E-state index contributed by atoms with van der Waals surface area (Å²) in [5.74, 6) is -1.16. The van der Waals surface area contributed by atoms with E-state index < -0.39 is 11.6 Å². The van der Waals surface area contributed by atoms with Crippen LogP contribution in [0.1, 0.15) is 0 Å². The van der Waals surface area contributed by atoms with E-state index in [0.29, 0.717) is 11.3 Å². The molecule has 0 aliphatic rings. The third-order valence-corrected chi connectivity index (χ3v) is 2.32. The molecule has 0 unspecified atom stereocenters. The molecule has 4 heteroatoms. The summed E-state index contributed by atoms with van der Waals surface area (Å²) in [5.41, 5.74) is 1.02. The van der Waals surface area contributed by atoms with Crippen LogP contribution in [-0.2, 0) is 0 Å². The molecule has 0 spiro atoms. The molecule has 0 saturated carbocycles. The van der Waals surface area contributed by atoms with Gasteiger partial charge in [-0.25, -0.2) is 8.78 Å². The average molecular weight is 220 g/mol. The summed E-state index contributed by atoms with van der Waals surface area (Å²) in [6.45, 7) is 0. The molecular formula is C12H10F2N2. The molecule has 0 radical (unpaired) electrons. The van der Waals surface area contributed by atoms with Crippen LogP contribution < -0.4 is 5.32 Å². The molecule has 0 bridgehead atoms. The van der Waals surface area contributed by atoms with Crippen molar-refractivity contribution in [2.75, 3.05) is 12.4 Å². The lowest BCUT2D eigenvalue weighted by molar-refractivity contribution is 0.589. The molecule has 0 saturated heterocycles. The molecule has 1 heterocycles. The molecular weight excluding hydrogens is 210 g/mol. The van der Waals surface area contributed by atoms with E-state index in [0.717, 1.165) is 0 Å². The minimum atomic E-state index is -0.581. The smallest absolute Gasteiger partial charge is 0.134 e. The summed E-state index contributed by atoms with van der Waals surface area (Å²) >= 11 is 0. The van der Waals surface area contributed by atoms with E-state index >= 15 is 0 Å². The molecule has 0 atom stereocenters. The number of aromatic nitrogens is 1. The Morgan fingerprint density at radius 1 is 1.12 bits per heavy atom. The van der Waals surface area contributed by atoms with Crippen molar-refractivity contribution in [2.24, 2.45) is 0 Å². The SMILES string of the molecule is CNc1cnccc1-c1c(F)cccc1F. The summed E-state index contributed by atoms with van der Waals surface area (Å²) in [5, 5.41) is 2.85. The van der Waals surface area contributed by atoms with E-state index in [-0.39, 0.29) is 5.56 Å². The van der Waals surface area contributed by atoms with Crippen molar-refractivity contribution in [3.63, 3.8) is 0 Å². The molecule has 0 fully saturated rings. The third kappa shape index (κ3) is 1.74. The quantitative estimate of drug-likeness (QED) is 0.841. The van der Waals surface area contributed by atoms with Crippen molar-refractivity contribution in [2.45, 2.75) is 0 Å². The van der Waals surface area contributed by atoms with Gasteiger partial charge in [-0.2, -0.15) is 0 Å². The maximum absolute atomic E-state index is 13.6. The fourth-order valence-corrected chi connectivity index (χ4v) is 1.57. The first kappa shape index (κ1) is 10.5. The number of benzene rings is 1. The number of hydrogen-bond acceptors (Lipinski definition) is 2. The summed E-state index contributed by atoms with van der Waals surface area (Å²) in [6, 6.07) is 5.39. The van der Waals surface area contributed by atoms with Gasteiger partial charge in [0.1, 0.15) is 11.6 Å². The first-order valence-corrected chi connectivity index (χ1v) is 4.80. The highest BCUT2D eigenvalue weighted by Crippen LogP contribution is 2.30. The lowest BCUT2D eigenvalue weighted by atomic mass is 10.0. The Kier molecular flexibility index (Phi) is 2.81. The molecule has 1 N–H and O–H groups in total. The van der Waals surface area contributed by atoms with Crippen LogP contribution in [0.4, 0.5) is 14.5 Å². The number of nitrogens with one attached hydrogen (secondary N) is 1. The topological polar surface area (TPSA) is 24.9 Å². The highest BCUT2D eigenvalue weighted by Gasteiger charge is 2.13. The Morgan fingerprint density at radius 3 is 2.44 bits per heavy atom. The number of hydrogen-bond donors (Lipinski definition) is 1. The maximum Gasteiger partial charge on any atom is 0.134 e. The second-order valence-electron chi connectivity index (χ2n) is 3.27. The lowest BCUT2D eigenvalue weighted by Crippen LogP contribution is -1.96. The zero-order valence-electron chi connectivity index (χ0n) is 8.67. The molecule has 0 aliphatic carbocycles. The van der Waals surface area contributed by atoms with E-state index in [4.69, 9.17) is 0 Å². The van der Waals surface area contributed by atoms with Crippen LogP contribution in [0.15, 0.2) is 36.7 Å². The fourth-order valence-electron chi connectivity index (χ4n) is 1.57. The Hall–Kier alpha value is -1.97. The van der Waals surface area contributed by atoms with Gasteiger partial charge >= 0.3 is 0 Å². The van der Waals surface area contributed by atoms with Crippen molar-refractivity contribution in [1.82, 2.24) is 4.98 Å². The zero-order chi connectivity index (χ0) is 11.5.